The van der Waals surface area contributed by atoms with Crippen molar-refractivity contribution in [3.8, 4) is 11.5 Å². The number of carbonyl (C=O) groups is 1. The van der Waals surface area contributed by atoms with Crippen molar-refractivity contribution in [3.05, 3.63) is 28.6 Å². The molecule has 2 aromatic heterocycles. The molecule has 0 aromatic carbocycles. The van der Waals surface area contributed by atoms with E-state index >= 15 is 0 Å². The van der Waals surface area contributed by atoms with E-state index in [1.807, 2.05) is 0 Å². The van der Waals surface area contributed by atoms with Crippen molar-refractivity contribution in [1.29, 1.82) is 0 Å². The summed E-state index contributed by atoms with van der Waals surface area (Å²) in [6.07, 6.45) is 2.01. The van der Waals surface area contributed by atoms with Gasteiger partial charge in [0.2, 0.25) is 5.76 Å². The van der Waals surface area contributed by atoms with Crippen molar-refractivity contribution < 1.29 is 13.7 Å². The van der Waals surface area contributed by atoms with Gasteiger partial charge in [0.25, 0.3) is 0 Å². The number of halogens is 1. The Morgan fingerprint density at radius 1 is 1.46 bits per heavy atom. The highest BCUT2D eigenvalue weighted by Crippen LogP contribution is 2.26. The van der Waals surface area contributed by atoms with E-state index < -0.39 is 0 Å². The topological polar surface area (TPSA) is 56.2 Å². The van der Waals surface area contributed by atoms with Gasteiger partial charge < -0.3 is 8.94 Å². The van der Waals surface area contributed by atoms with Gasteiger partial charge in [-0.15, -0.1) is 0 Å². The molecule has 0 unspecified atom stereocenters. The molecule has 0 bridgehead atoms. The molecule has 0 aliphatic rings. The van der Waals surface area contributed by atoms with E-state index in [9.17, 15) is 4.79 Å². The average Bonchev–Trinajstić information content (AvgIpc) is 2.71. The van der Waals surface area contributed by atoms with Crippen molar-refractivity contribution in [3.63, 3.8) is 0 Å². The summed E-state index contributed by atoms with van der Waals surface area (Å²) in [4.78, 5) is 10.5. The van der Waals surface area contributed by atoms with Gasteiger partial charge in [-0.3, -0.25) is 4.79 Å². The number of aldehydes is 1. The molecular weight excluding hydrogens is 238 g/mol. The average molecular weight is 242 g/mol. The van der Waals surface area contributed by atoms with Crippen molar-refractivity contribution in [2.75, 3.05) is 0 Å². The van der Waals surface area contributed by atoms with Gasteiger partial charge in [-0.2, -0.15) is 0 Å². The zero-order chi connectivity index (χ0) is 9.26. The summed E-state index contributed by atoms with van der Waals surface area (Å²) in [5, 5.41) is 3.50. The van der Waals surface area contributed by atoms with E-state index in [4.69, 9.17) is 8.94 Å². The summed E-state index contributed by atoms with van der Waals surface area (Å²) in [6, 6.07) is 3.41. The fourth-order valence-corrected chi connectivity index (χ4v) is 1.26. The first kappa shape index (κ1) is 8.25. The van der Waals surface area contributed by atoms with Crippen molar-refractivity contribution in [2.45, 2.75) is 0 Å². The van der Waals surface area contributed by atoms with Crippen LogP contribution in [0.25, 0.3) is 11.5 Å². The molecule has 0 amide bonds. The van der Waals surface area contributed by atoms with E-state index in [-0.39, 0.29) is 0 Å². The molecule has 2 aromatic rings. The van der Waals surface area contributed by atoms with Crippen molar-refractivity contribution in [1.82, 2.24) is 5.16 Å². The maximum absolute atomic E-state index is 10.5. The molecule has 13 heavy (non-hydrogen) atoms. The Hall–Kier alpha value is -1.36. The van der Waals surface area contributed by atoms with Gasteiger partial charge in [-0.1, -0.05) is 5.16 Å². The van der Waals surface area contributed by atoms with E-state index in [1.54, 1.807) is 12.1 Å². The van der Waals surface area contributed by atoms with Crippen LogP contribution in [0.4, 0.5) is 0 Å². The minimum absolute atomic E-state index is 0.348. The van der Waals surface area contributed by atoms with Crippen molar-refractivity contribution >= 4 is 22.2 Å². The van der Waals surface area contributed by atoms with Crippen LogP contribution in [0.1, 0.15) is 10.4 Å². The van der Waals surface area contributed by atoms with Crippen LogP contribution < -0.4 is 0 Å². The third kappa shape index (κ3) is 1.42. The van der Waals surface area contributed by atoms with Crippen LogP contribution >= 0.6 is 15.9 Å². The summed E-state index contributed by atoms with van der Waals surface area (Å²) < 4.78 is 10.6. The standard InChI is InChI=1S/C8H4BrNO3/c9-7-2-1-6(12-7)8-5(4-11)3-10-13-8/h1-4H. The molecule has 0 atom stereocenters. The fourth-order valence-electron chi connectivity index (χ4n) is 0.955. The minimum atomic E-state index is 0.348. The largest absolute Gasteiger partial charge is 0.446 e. The Labute approximate surface area is 81.6 Å². The summed E-state index contributed by atoms with van der Waals surface area (Å²) in [5.41, 5.74) is 0.377. The highest BCUT2D eigenvalue weighted by atomic mass is 79.9. The lowest BCUT2D eigenvalue weighted by atomic mass is 10.2. The molecule has 0 saturated carbocycles. The molecular formula is C8H4BrNO3. The number of aromatic nitrogens is 1. The van der Waals surface area contributed by atoms with E-state index in [2.05, 4.69) is 21.1 Å². The van der Waals surface area contributed by atoms with Crippen LogP contribution in [0.5, 0.6) is 0 Å². The van der Waals surface area contributed by atoms with Gasteiger partial charge in [0.1, 0.15) is 0 Å². The lowest BCUT2D eigenvalue weighted by Crippen LogP contribution is -1.77. The summed E-state index contributed by atoms with van der Waals surface area (Å²) in [5.74, 6) is 0.826. The Balaban J connectivity index is 2.51. The smallest absolute Gasteiger partial charge is 0.212 e. The zero-order valence-corrected chi connectivity index (χ0v) is 7.95. The molecule has 0 spiro atoms. The van der Waals surface area contributed by atoms with Gasteiger partial charge >= 0.3 is 0 Å². The minimum Gasteiger partial charge on any atom is -0.446 e. The highest BCUT2D eigenvalue weighted by Gasteiger charge is 2.13. The van der Waals surface area contributed by atoms with Crippen LogP contribution in [0, 0.1) is 0 Å². The number of rotatable bonds is 2. The van der Waals surface area contributed by atoms with Crippen LogP contribution in [0.15, 0.2) is 31.9 Å². The molecule has 4 nitrogen and oxygen atoms in total. The molecule has 0 aliphatic heterocycles. The van der Waals surface area contributed by atoms with Gasteiger partial charge in [0, 0.05) is 0 Å². The molecule has 0 fully saturated rings. The SMILES string of the molecule is O=Cc1cnoc1-c1ccc(Br)o1. The number of hydrogen-bond acceptors (Lipinski definition) is 4. The second-order valence-corrected chi connectivity index (χ2v) is 3.11. The molecule has 0 aliphatic carbocycles. The highest BCUT2D eigenvalue weighted by molar-refractivity contribution is 9.10. The Kier molecular flexibility index (Phi) is 2.02. The predicted molar refractivity (Wildman–Crippen MR) is 47.3 cm³/mol. The lowest BCUT2D eigenvalue weighted by Gasteiger charge is -1.88. The van der Waals surface area contributed by atoms with E-state index in [1.165, 1.54) is 6.20 Å². The Morgan fingerprint density at radius 3 is 2.92 bits per heavy atom. The molecule has 2 rings (SSSR count). The van der Waals surface area contributed by atoms with Gasteiger partial charge in [0.15, 0.2) is 16.7 Å². The second kappa shape index (κ2) is 3.18. The normalized spacial score (nSPS) is 10.2. The van der Waals surface area contributed by atoms with Crippen LogP contribution in [-0.4, -0.2) is 11.4 Å². The van der Waals surface area contributed by atoms with Crippen LogP contribution in [0.2, 0.25) is 0 Å². The quantitative estimate of drug-likeness (QED) is 0.759. The third-order valence-corrected chi connectivity index (χ3v) is 1.95. The first-order valence-electron chi connectivity index (χ1n) is 3.47. The first-order valence-corrected chi connectivity index (χ1v) is 4.26. The predicted octanol–water partition coefficient (Wildman–Crippen LogP) is 2.51. The number of nitrogens with zero attached hydrogens (tertiary/aromatic N) is 1. The molecule has 0 radical (unpaired) electrons. The number of carbonyl (C=O) groups excluding carboxylic acids is 1. The van der Waals surface area contributed by atoms with Crippen LogP contribution in [-0.2, 0) is 0 Å². The lowest BCUT2D eigenvalue weighted by molar-refractivity contribution is 0.112. The van der Waals surface area contributed by atoms with E-state index in [0.717, 1.165) is 0 Å². The molecule has 5 heteroatoms. The Morgan fingerprint density at radius 2 is 2.31 bits per heavy atom. The van der Waals surface area contributed by atoms with Gasteiger partial charge in [-0.25, -0.2) is 0 Å². The first-order chi connectivity index (χ1) is 6.31. The summed E-state index contributed by atoms with van der Waals surface area (Å²) in [7, 11) is 0. The molecule has 0 N–H and O–H groups in total. The maximum Gasteiger partial charge on any atom is 0.212 e. The number of hydrogen-bond donors (Lipinski definition) is 0. The van der Waals surface area contributed by atoms with Gasteiger partial charge in [0.05, 0.1) is 11.8 Å². The monoisotopic (exact) mass is 241 g/mol. The molecule has 66 valence electrons. The molecule has 2 heterocycles. The summed E-state index contributed by atoms with van der Waals surface area (Å²) in [6.45, 7) is 0. The van der Waals surface area contributed by atoms with Gasteiger partial charge in [-0.05, 0) is 28.1 Å². The number of furan rings is 1. The zero-order valence-electron chi connectivity index (χ0n) is 6.36. The van der Waals surface area contributed by atoms with Crippen LogP contribution in [0.3, 0.4) is 0 Å². The maximum atomic E-state index is 10.5. The summed E-state index contributed by atoms with van der Waals surface area (Å²) >= 11 is 3.15. The van der Waals surface area contributed by atoms with Crippen molar-refractivity contribution in [2.24, 2.45) is 0 Å². The second-order valence-electron chi connectivity index (χ2n) is 2.33. The van der Waals surface area contributed by atoms with E-state index in [0.29, 0.717) is 28.0 Å². The third-order valence-electron chi connectivity index (χ3n) is 1.52. The Bertz CT molecular complexity index is 432. The fraction of sp³-hybridized carbons (Fsp3) is 0. The molecule has 0 saturated heterocycles.